The van der Waals surface area contributed by atoms with Gasteiger partial charge >= 0.3 is 0 Å². The first kappa shape index (κ1) is 15.6. The predicted octanol–water partition coefficient (Wildman–Crippen LogP) is 4.89. The second-order valence-electron chi connectivity index (χ2n) is 4.78. The molecular weight excluding hydrogens is 293 g/mol. The summed E-state index contributed by atoms with van der Waals surface area (Å²) in [6.45, 7) is 6.02. The molecular formula is C15H23BrFN. The van der Waals surface area contributed by atoms with Crippen LogP contribution in [0.25, 0.3) is 0 Å². The fraction of sp³-hybridized carbons (Fsp3) is 0.600. The summed E-state index contributed by atoms with van der Waals surface area (Å²) in [6, 6.07) is 5.08. The number of hydrogen-bond donors (Lipinski definition) is 1. The van der Waals surface area contributed by atoms with Gasteiger partial charge in [0.15, 0.2) is 0 Å². The minimum Gasteiger partial charge on any atom is -0.312 e. The van der Waals surface area contributed by atoms with E-state index < -0.39 is 0 Å². The molecule has 0 bridgehead atoms. The van der Waals surface area contributed by atoms with Crippen molar-refractivity contribution in [1.82, 2.24) is 5.32 Å². The molecule has 1 nitrogen and oxygen atoms in total. The highest BCUT2D eigenvalue weighted by atomic mass is 79.9. The lowest BCUT2D eigenvalue weighted by Gasteiger charge is -2.15. The molecule has 1 N–H and O–H groups in total. The van der Waals surface area contributed by atoms with Crippen LogP contribution in [-0.2, 0) is 6.54 Å². The lowest BCUT2D eigenvalue weighted by atomic mass is 9.99. The number of nitrogens with one attached hydrogen (secondary N) is 1. The molecule has 0 heterocycles. The topological polar surface area (TPSA) is 12.0 Å². The molecule has 0 aliphatic rings. The summed E-state index contributed by atoms with van der Waals surface area (Å²) < 4.78 is 14.4. The molecule has 3 heteroatoms. The Bertz CT molecular complexity index is 354. The summed E-state index contributed by atoms with van der Waals surface area (Å²) in [7, 11) is 0. The SMILES string of the molecule is CCCCC(CC)CNCc1cc(Br)ccc1F. The van der Waals surface area contributed by atoms with Gasteiger partial charge in [-0.2, -0.15) is 0 Å². The molecule has 0 fully saturated rings. The number of benzene rings is 1. The van der Waals surface area contributed by atoms with Gasteiger partial charge in [0, 0.05) is 16.6 Å². The van der Waals surface area contributed by atoms with Crippen molar-refractivity contribution in [3.05, 3.63) is 34.1 Å². The Labute approximate surface area is 118 Å². The Morgan fingerprint density at radius 3 is 2.78 bits per heavy atom. The second kappa shape index (κ2) is 8.65. The van der Waals surface area contributed by atoms with Gasteiger partial charge in [0.1, 0.15) is 5.82 Å². The van der Waals surface area contributed by atoms with E-state index in [1.165, 1.54) is 31.7 Å². The smallest absolute Gasteiger partial charge is 0.127 e. The van der Waals surface area contributed by atoms with Crippen LogP contribution in [0.15, 0.2) is 22.7 Å². The Morgan fingerprint density at radius 1 is 1.33 bits per heavy atom. The molecule has 0 aromatic heterocycles. The van der Waals surface area contributed by atoms with Crippen molar-refractivity contribution in [2.45, 2.75) is 46.1 Å². The monoisotopic (exact) mass is 315 g/mol. The van der Waals surface area contributed by atoms with Gasteiger partial charge in [0.25, 0.3) is 0 Å². The average molecular weight is 316 g/mol. The van der Waals surface area contributed by atoms with E-state index in [0.29, 0.717) is 12.5 Å². The first-order chi connectivity index (χ1) is 8.67. The van der Waals surface area contributed by atoms with E-state index in [9.17, 15) is 4.39 Å². The quantitative estimate of drug-likeness (QED) is 0.720. The second-order valence-corrected chi connectivity index (χ2v) is 5.70. The van der Waals surface area contributed by atoms with Gasteiger partial charge in [0.2, 0.25) is 0 Å². The van der Waals surface area contributed by atoms with Gasteiger partial charge in [-0.25, -0.2) is 4.39 Å². The van der Waals surface area contributed by atoms with E-state index in [2.05, 4.69) is 35.1 Å². The largest absolute Gasteiger partial charge is 0.312 e. The molecule has 0 saturated carbocycles. The third kappa shape index (κ3) is 5.49. The van der Waals surface area contributed by atoms with E-state index in [4.69, 9.17) is 0 Å². The molecule has 0 aliphatic heterocycles. The van der Waals surface area contributed by atoms with Crippen LogP contribution in [0.4, 0.5) is 4.39 Å². The molecule has 18 heavy (non-hydrogen) atoms. The van der Waals surface area contributed by atoms with Crippen LogP contribution in [0.3, 0.4) is 0 Å². The van der Waals surface area contributed by atoms with Gasteiger partial charge in [-0.1, -0.05) is 49.0 Å². The molecule has 0 radical (unpaired) electrons. The van der Waals surface area contributed by atoms with E-state index in [1.54, 1.807) is 6.07 Å². The highest BCUT2D eigenvalue weighted by molar-refractivity contribution is 9.10. The number of rotatable bonds is 8. The molecule has 1 aromatic carbocycles. The zero-order valence-corrected chi connectivity index (χ0v) is 12.9. The molecule has 0 spiro atoms. The number of hydrogen-bond acceptors (Lipinski definition) is 1. The molecule has 1 rings (SSSR count). The van der Waals surface area contributed by atoms with Crippen LogP contribution in [0.2, 0.25) is 0 Å². The molecule has 102 valence electrons. The first-order valence-electron chi connectivity index (χ1n) is 6.82. The van der Waals surface area contributed by atoms with Crippen LogP contribution in [0, 0.1) is 11.7 Å². The maximum Gasteiger partial charge on any atom is 0.127 e. The van der Waals surface area contributed by atoms with Crippen LogP contribution in [-0.4, -0.2) is 6.54 Å². The molecule has 0 amide bonds. The summed E-state index contributed by atoms with van der Waals surface area (Å²) in [5, 5.41) is 3.37. The molecule has 1 unspecified atom stereocenters. The lowest BCUT2D eigenvalue weighted by molar-refractivity contribution is 0.417. The first-order valence-corrected chi connectivity index (χ1v) is 7.61. The molecule has 0 saturated heterocycles. The summed E-state index contributed by atoms with van der Waals surface area (Å²) in [5.74, 6) is 0.576. The van der Waals surface area contributed by atoms with E-state index in [1.807, 2.05) is 6.07 Å². The number of unbranched alkanes of at least 4 members (excludes halogenated alkanes) is 1. The van der Waals surface area contributed by atoms with Crippen LogP contribution < -0.4 is 5.32 Å². The number of halogens is 2. The van der Waals surface area contributed by atoms with Gasteiger partial charge in [0.05, 0.1) is 0 Å². The Morgan fingerprint density at radius 2 is 2.11 bits per heavy atom. The van der Waals surface area contributed by atoms with Gasteiger partial charge in [-0.15, -0.1) is 0 Å². The van der Waals surface area contributed by atoms with Crippen LogP contribution in [0.5, 0.6) is 0 Å². The van der Waals surface area contributed by atoms with Crippen molar-refractivity contribution in [2.24, 2.45) is 5.92 Å². The van der Waals surface area contributed by atoms with Crippen molar-refractivity contribution in [3.8, 4) is 0 Å². The summed E-state index contributed by atoms with van der Waals surface area (Å²) >= 11 is 3.37. The van der Waals surface area contributed by atoms with Crippen molar-refractivity contribution in [2.75, 3.05) is 6.54 Å². The predicted molar refractivity (Wildman–Crippen MR) is 79.1 cm³/mol. The average Bonchev–Trinajstić information content (AvgIpc) is 2.37. The molecule has 1 atom stereocenters. The lowest BCUT2D eigenvalue weighted by Crippen LogP contribution is -2.22. The van der Waals surface area contributed by atoms with Crippen LogP contribution >= 0.6 is 15.9 Å². The fourth-order valence-corrected chi connectivity index (χ4v) is 2.44. The van der Waals surface area contributed by atoms with Crippen LogP contribution in [0.1, 0.15) is 45.1 Å². The standard InChI is InChI=1S/C15H23BrFN/c1-3-5-6-12(4-2)10-18-11-13-9-14(16)7-8-15(13)17/h7-9,12,18H,3-6,10-11H2,1-2H3. The highest BCUT2D eigenvalue weighted by Crippen LogP contribution is 2.16. The van der Waals surface area contributed by atoms with E-state index >= 15 is 0 Å². The third-order valence-corrected chi connectivity index (χ3v) is 3.79. The fourth-order valence-electron chi connectivity index (χ4n) is 2.03. The Hall–Kier alpha value is -0.410. The molecule has 0 aliphatic carbocycles. The minimum atomic E-state index is -0.132. The minimum absolute atomic E-state index is 0.132. The maximum atomic E-state index is 13.5. The van der Waals surface area contributed by atoms with E-state index in [-0.39, 0.29) is 5.82 Å². The van der Waals surface area contributed by atoms with Crippen molar-refractivity contribution >= 4 is 15.9 Å². The van der Waals surface area contributed by atoms with Crippen molar-refractivity contribution < 1.29 is 4.39 Å². The Balaban J connectivity index is 2.37. The third-order valence-electron chi connectivity index (χ3n) is 3.30. The molecule has 1 aromatic rings. The van der Waals surface area contributed by atoms with Crippen molar-refractivity contribution in [3.63, 3.8) is 0 Å². The zero-order chi connectivity index (χ0) is 13.4. The summed E-state index contributed by atoms with van der Waals surface area (Å²) in [6.07, 6.45) is 4.98. The Kier molecular flexibility index (Phi) is 7.52. The van der Waals surface area contributed by atoms with Gasteiger partial charge in [-0.3, -0.25) is 0 Å². The summed E-state index contributed by atoms with van der Waals surface area (Å²) in [5.41, 5.74) is 0.731. The summed E-state index contributed by atoms with van der Waals surface area (Å²) in [4.78, 5) is 0. The zero-order valence-electron chi connectivity index (χ0n) is 11.3. The van der Waals surface area contributed by atoms with Crippen molar-refractivity contribution in [1.29, 1.82) is 0 Å². The van der Waals surface area contributed by atoms with Gasteiger partial charge < -0.3 is 5.32 Å². The van der Waals surface area contributed by atoms with Gasteiger partial charge in [-0.05, 0) is 37.1 Å². The normalized spacial score (nSPS) is 12.7. The van der Waals surface area contributed by atoms with E-state index in [0.717, 1.165) is 16.6 Å². The highest BCUT2D eigenvalue weighted by Gasteiger charge is 2.07. The maximum absolute atomic E-state index is 13.5.